The van der Waals surface area contributed by atoms with Crippen LogP contribution in [0.15, 0.2) is 5.16 Å². The molecule has 0 spiro atoms. The molecular formula is C19H31N7O2S. The Morgan fingerprint density at radius 1 is 1.21 bits per heavy atom. The predicted molar refractivity (Wildman–Crippen MR) is 115 cm³/mol. The molecule has 9 nitrogen and oxygen atoms in total. The molecule has 1 saturated heterocycles. The Kier molecular flexibility index (Phi) is 6.84. The van der Waals surface area contributed by atoms with Gasteiger partial charge in [0.05, 0.1) is 35.5 Å². The Labute approximate surface area is 176 Å². The molecule has 1 aliphatic heterocycles. The summed E-state index contributed by atoms with van der Waals surface area (Å²) in [6, 6.07) is 0. The zero-order valence-electron chi connectivity index (χ0n) is 18.1. The fourth-order valence-electron chi connectivity index (χ4n) is 3.28. The molecule has 0 radical (unpaired) electrons. The van der Waals surface area contributed by atoms with Crippen LogP contribution in [0.1, 0.15) is 32.2 Å². The zero-order chi connectivity index (χ0) is 21.1. The largest absolute Gasteiger partial charge is 0.378 e. The van der Waals surface area contributed by atoms with Crippen molar-refractivity contribution in [3.05, 3.63) is 11.4 Å². The molecule has 0 saturated carbocycles. The molecule has 1 N–H and O–H groups in total. The predicted octanol–water partition coefficient (Wildman–Crippen LogP) is 2.24. The molecule has 0 bridgehead atoms. The molecule has 0 aromatic carbocycles. The average molecular weight is 422 g/mol. The van der Waals surface area contributed by atoms with Crippen LogP contribution < -0.4 is 10.2 Å². The van der Waals surface area contributed by atoms with Gasteiger partial charge in [-0.1, -0.05) is 25.6 Å². The molecule has 1 atom stereocenters. The van der Waals surface area contributed by atoms with E-state index in [-0.39, 0.29) is 11.2 Å². The van der Waals surface area contributed by atoms with E-state index in [0.717, 1.165) is 47.8 Å². The highest BCUT2D eigenvalue weighted by Gasteiger charge is 2.25. The minimum atomic E-state index is -0.318. The van der Waals surface area contributed by atoms with E-state index in [1.807, 2.05) is 27.8 Å². The number of carbonyl (C=O) groups is 1. The van der Waals surface area contributed by atoms with Crippen LogP contribution in [0.25, 0.3) is 0 Å². The van der Waals surface area contributed by atoms with E-state index in [2.05, 4.69) is 43.9 Å². The van der Waals surface area contributed by atoms with Crippen LogP contribution >= 0.6 is 11.8 Å². The van der Waals surface area contributed by atoms with E-state index in [9.17, 15) is 4.79 Å². The van der Waals surface area contributed by atoms with Crippen LogP contribution in [0.3, 0.4) is 0 Å². The van der Waals surface area contributed by atoms with Gasteiger partial charge in [0.1, 0.15) is 0 Å². The highest BCUT2D eigenvalue weighted by atomic mass is 32.2. The average Bonchev–Trinajstić information content (AvgIpc) is 3.17. The topological polar surface area (TPSA) is 90.1 Å². The summed E-state index contributed by atoms with van der Waals surface area (Å²) in [4.78, 5) is 15.0. The second-order valence-corrected chi connectivity index (χ2v) is 9.11. The van der Waals surface area contributed by atoms with Crippen LogP contribution in [-0.4, -0.2) is 62.0 Å². The van der Waals surface area contributed by atoms with Gasteiger partial charge in [-0.05, 0) is 26.7 Å². The second kappa shape index (κ2) is 9.17. The Morgan fingerprint density at radius 3 is 2.48 bits per heavy atom. The molecule has 10 heteroatoms. The van der Waals surface area contributed by atoms with Gasteiger partial charge in [-0.2, -0.15) is 5.10 Å². The SMILES string of the molecule is Cc1nn(C)c(C)c1NC(=O)[C@H](C)Sc1nnc(N2CCOCC2)n1CC(C)C. The molecule has 3 rings (SSSR count). The number of amides is 1. The van der Waals surface area contributed by atoms with E-state index in [1.165, 1.54) is 11.8 Å². The summed E-state index contributed by atoms with van der Waals surface area (Å²) < 4.78 is 9.36. The van der Waals surface area contributed by atoms with Crippen molar-refractivity contribution in [3.63, 3.8) is 0 Å². The molecule has 3 heterocycles. The minimum absolute atomic E-state index is 0.0683. The van der Waals surface area contributed by atoms with Crippen LogP contribution in [0.2, 0.25) is 0 Å². The third-order valence-corrected chi connectivity index (χ3v) is 6.03. The molecule has 0 aliphatic carbocycles. The maximum Gasteiger partial charge on any atom is 0.237 e. The van der Waals surface area contributed by atoms with Crippen molar-refractivity contribution in [2.75, 3.05) is 36.5 Å². The maximum atomic E-state index is 12.8. The first-order valence-electron chi connectivity index (χ1n) is 10.0. The lowest BCUT2D eigenvalue weighted by molar-refractivity contribution is -0.115. The highest BCUT2D eigenvalue weighted by molar-refractivity contribution is 8.00. The van der Waals surface area contributed by atoms with Crippen LogP contribution in [0.4, 0.5) is 11.6 Å². The highest BCUT2D eigenvalue weighted by Crippen LogP contribution is 2.28. The lowest BCUT2D eigenvalue weighted by Crippen LogP contribution is -2.38. The molecule has 2 aromatic heterocycles. The quantitative estimate of drug-likeness (QED) is 0.686. The fourth-order valence-corrected chi connectivity index (χ4v) is 4.13. The third kappa shape index (κ3) is 4.92. The van der Waals surface area contributed by atoms with Gasteiger partial charge in [0.25, 0.3) is 0 Å². The van der Waals surface area contributed by atoms with Gasteiger partial charge in [0, 0.05) is 26.7 Å². The van der Waals surface area contributed by atoms with Crippen molar-refractivity contribution in [3.8, 4) is 0 Å². The fraction of sp³-hybridized carbons (Fsp3) is 0.684. The number of morpholine rings is 1. The van der Waals surface area contributed by atoms with Crippen LogP contribution in [-0.2, 0) is 23.1 Å². The van der Waals surface area contributed by atoms with Crippen LogP contribution in [0.5, 0.6) is 0 Å². The minimum Gasteiger partial charge on any atom is -0.378 e. The summed E-state index contributed by atoms with van der Waals surface area (Å²) >= 11 is 1.44. The number of hydrogen-bond donors (Lipinski definition) is 1. The van der Waals surface area contributed by atoms with E-state index in [1.54, 1.807) is 4.68 Å². The number of anilines is 2. The Morgan fingerprint density at radius 2 is 1.90 bits per heavy atom. The Bertz CT molecular complexity index is 855. The van der Waals surface area contributed by atoms with Crippen molar-refractivity contribution in [2.45, 2.75) is 51.6 Å². The summed E-state index contributed by atoms with van der Waals surface area (Å²) in [6.45, 7) is 13.9. The van der Waals surface area contributed by atoms with E-state index in [4.69, 9.17) is 4.74 Å². The first-order chi connectivity index (χ1) is 13.8. The van der Waals surface area contributed by atoms with Crippen molar-refractivity contribution in [2.24, 2.45) is 13.0 Å². The van der Waals surface area contributed by atoms with Crippen molar-refractivity contribution in [1.82, 2.24) is 24.5 Å². The number of aryl methyl sites for hydroxylation is 2. The summed E-state index contributed by atoms with van der Waals surface area (Å²) in [5.41, 5.74) is 2.53. The standard InChI is InChI=1S/C19H31N7O2S/c1-12(2)11-26-18(25-7-9-28-10-8-25)21-22-19(26)29-15(5)17(27)20-16-13(3)23-24(6)14(16)4/h12,15H,7-11H2,1-6H3,(H,20,27)/t15-/m0/s1. The van der Waals surface area contributed by atoms with E-state index in [0.29, 0.717) is 19.1 Å². The molecule has 0 unspecified atom stereocenters. The van der Waals surface area contributed by atoms with Gasteiger partial charge in [-0.3, -0.25) is 14.0 Å². The van der Waals surface area contributed by atoms with Crippen LogP contribution in [0, 0.1) is 19.8 Å². The number of nitrogens with zero attached hydrogens (tertiary/aromatic N) is 6. The molecule has 1 amide bonds. The first kappa shape index (κ1) is 21.6. The van der Waals surface area contributed by atoms with E-state index >= 15 is 0 Å². The van der Waals surface area contributed by atoms with Crippen molar-refractivity contribution >= 4 is 29.3 Å². The molecule has 1 fully saturated rings. The summed E-state index contributed by atoms with van der Waals surface area (Å²) in [5, 5.41) is 16.7. The second-order valence-electron chi connectivity index (χ2n) is 7.81. The first-order valence-corrected chi connectivity index (χ1v) is 10.9. The molecule has 1 aliphatic rings. The van der Waals surface area contributed by atoms with Crippen molar-refractivity contribution < 1.29 is 9.53 Å². The van der Waals surface area contributed by atoms with Gasteiger partial charge >= 0.3 is 0 Å². The molecule has 2 aromatic rings. The lowest BCUT2D eigenvalue weighted by atomic mass is 10.2. The number of ether oxygens (including phenoxy) is 1. The van der Waals surface area contributed by atoms with Gasteiger partial charge in [0.15, 0.2) is 5.16 Å². The van der Waals surface area contributed by atoms with E-state index < -0.39 is 0 Å². The normalized spacial score (nSPS) is 15.8. The number of hydrogen-bond acceptors (Lipinski definition) is 7. The number of rotatable bonds is 7. The van der Waals surface area contributed by atoms with Gasteiger partial charge < -0.3 is 15.0 Å². The number of nitrogens with one attached hydrogen (secondary N) is 1. The van der Waals surface area contributed by atoms with Crippen molar-refractivity contribution in [1.29, 1.82) is 0 Å². The van der Waals surface area contributed by atoms with Gasteiger partial charge in [-0.25, -0.2) is 0 Å². The number of carbonyl (C=O) groups excluding carboxylic acids is 1. The van der Waals surface area contributed by atoms with Gasteiger partial charge in [-0.15, -0.1) is 10.2 Å². The van der Waals surface area contributed by atoms with Gasteiger partial charge in [0.2, 0.25) is 11.9 Å². The monoisotopic (exact) mass is 421 g/mol. The maximum absolute atomic E-state index is 12.8. The Balaban J connectivity index is 1.75. The third-order valence-electron chi connectivity index (χ3n) is 4.95. The smallest absolute Gasteiger partial charge is 0.237 e. The zero-order valence-corrected chi connectivity index (χ0v) is 18.9. The summed E-state index contributed by atoms with van der Waals surface area (Å²) in [6.07, 6.45) is 0. The molecule has 29 heavy (non-hydrogen) atoms. The number of aromatic nitrogens is 5. The lowest BCUT2D eigenvalue weighted by Gasteiger charge is -2.28. The Hall–Kier alpha value is -2.07. The number of thioether (sulfide) groups is 1. The molecule has 160 valence electrons. The molecular weight excluding hydrogens is 390 g/mol. The summed E-state index contributed by atoms with van der Waals surface area (Å²) in [7, 11) is 1.87. The summed E-state index contributed by atoms with van der Waals surface area (Å²) in [5.74, 6) is 1.23.